The highest BCUT2D eigenvalue weighted by molar-refractivity contribution is 5.43. The molecule has 2 aromatic rings. The average molecular weight is 291 g/mol. The quantitative estimate of drug-likeness (QED) is 0.837. The SMILES string of the molecule is COc1ccc(Cc2noc(CC(C)CN)n2)cc1OC. The van der Waals surface area contributed by atoms with Crippen LogP contribution in [0.1, 0.15) is 24.2 Å². The fraction of sp³-hybridized carbons (Fsp3) is 0.467. The van der Waals surface area contributed by atoms with Crippen LogP contribution in [0.15, 0.2) is 22.7 Å². The van der Waals surface area contributed by atoms with Crippen LogP contribution in [-0.2, 0) is 12.8 Å². The molecule has 0 amide bonds. The average Bonchev–Trinajstić information content (AvgIpc) is 2.93. The highest BCUT2D eigenvalue weighted by Crippen LogP contribution is 2.28. The fourth-order valence-electron chi connectivity index (χ4n) is 2.00. The molecule has 1 aromatic heterocycles. The topological polar surface area (TPSA) is 83.4 Å². The van der Waals surface area contributed by atoms with Crippen molar-refractivity contribution in [3.63, 3.8) is 0 Å². The second kappa shape index (κ2) is 7.08. The lowest BCUT2D eigenvalue weighted by atomic mass is 10.1. The van der Waals surface area contributed by atoms with Gasteiger partial charge in [-0.3, -0.25) is 0 Å². The lowest BCUT2D eigenvalue weighted by molar-refractivity contribution is 0.353. The van der Waals surface area contributed by atoms with Crippen LogP contribution in [0.5, 0.6) is 11.5 Å². The van der Waals surface area contributed by atoms with Crippen LogP contribution < -0.4 is 15.2 Å². The molecule has 0 aliphatic heterocycles. The number of hydrogen-bond donors (Lipinski definition) is 1. The van der Waals surface area contributed by atoms with Crippen LogP contribution in [-0.4, -0.2) is 30.9 Å². The lowest BCUT2D eigenvalue weighted by Gasteiger charge is -2.08. The Balaban J connectivity index is 2.08. The Morgan fingerprint density at radius 3 is 2.67 bits per heavy atom. The molecule has 2 N–H and O–H groups in total. The highest BCUT2D eigenvalue weighted by atomic mass is 16.5. The summed E-state index contributed by atoms with van der Waals surface area (Å²) >= 11 is 0. The largest absolute Gasteiger partial charge is 0.493 e. The molecule has 114 valence electrons. The van der Waals surface area contributed by atoms with Gasteiger partial charge in [0.1, 0.15) is 0 Å². The van der Waals surface area contributed by atoms with Crippen LogP contribution in [0.4, 0.5) is 0 Å². The zero-order valence-electron chi connectivity index (χ0n) is 12.6. The molecule has 0 radical (unpaired) electrons. The summed E-state index contributed by atoms with van der Waals surface area (Å²) in [5.41, 5.74) is 6.63. The van der Waals surface area contributed by atoms with E-state index in [0.29, 0.717) is 48.5 Å². The number of nitrogens with two attached hydrogens (primary N) is 1. The normalized spacial score (nSPS) is 12.2. The predicted molar refractivity (Wildman–Crippen MR) is 78.6 cm³/mol. The van der Waals surface area contributed by atoms with Crippen molar-refractivity contribution in [1.82, 2.24) is 10.1 Å². The van der Waals surface area contributed by atoms with Crippen molar-refractivity contribution in [2.45, 2.75) is 19.8 Å². The molecule has 1 atom stereocenters. The third-order valence-corrected chi connectivity index (χ3v) is 3.25. The Labute approximate surface area is 124 Å². The monoisotopic (exact) mass is 291 g/mol. The van der Waals surface area contributed by atoms with E-state index in [1.54, 1.807) is 14.2 Å². The van der Waals surface area contributed by atoms with E-state index in [1.807, 2.05) is 18.2 Å². The van der Waals surface area contributed by atoms with Gasteiger partial charge in [-0.1, -0.05) is 18.1 Å². The second-order valence-corrected chi connectivity index (χ2v) is 5.02. The molecule has 0 aliphatic carbocycles. The predicted octanol–water partition coefficient (Wildman–Crippen LogP) is 1.81. The molecule has 0 saturated heterocycles. The first kappa shape index (κ1) is 15.3. The van der Waals surface area contributed by atoms with E-state index in [9.17, 15) is 0 Å². The first-order valence-corrected chi connectivity index (χ1v) is 6.88. The van der Waals surface area contributed by atoms with Crippen molar-refractivity contribution < 1.29 is 14.0 Å². The van der Waals surface area contributed by atoms with Gasteiger partial charge in [0.05, 0.1) is 14.2 Å². The molecular weight excluding hydrogens is 270 g/mol. The summed E-state index contributed by atoms with van der Waals surface area (Å²) in [6, 6.07) is 5.74. The number of methoxy groups -OCH3 is 2. The molecule has 1 heterocycles. The van der Waals surface area contributed by atoms with Gasteiger partial charge in [-0.15, -0.1) is 0 Å². The standard InChI is InChI=1S/C15H21N3O3/c1-10(9-16)6-15-17-14(18-21-15)8-11-4-5-12(19-2)13(7-11)20-3/h4-5,7,10H,6,8-9,16H2,1-3H3. The van der Waals surface area contributed by atoms with Crippen molar-refractivity contribution in [3.05, 3.63) is 35.5 Å². The van der Waals surface area contributed by atoms with Crippen LogP contribution in [0.2, 0.25) is 0 Å². The maximum atomic E-state index is 5.59. The molecule has 0 saturated carbocycles. The Bertz CT molecular complexity index is 583. The lowest BCUT2D eigenvalue weighted by Crippen LogP contribution is -2.13. The van der Waals surface area contributed by atoms with Crippen molar-refractivity contribution in [2.75, 3.05) is 20.8 Å². The summed E-state index contributed by atoms with van der Waals surface area (Å²) in [5, 5.41) is 4.00. The van der Waals surface area contributed by atoms with E-state index >= 15 is 0 Å². The minimum Gasteiger partial charge on any atom is -0.493 e. The van der Waals surface area contributed by atoms with Crippen molar-refractivity contribution in [2.24, 2.45) is 11.7 Å². The van der Waals surface area contributed by atoms with Gasteiger partial charge in [-0.2, -0.15) is 4.98 Å². The van der Waals surface area contributed by atoms with E-state index < -0.39 is 0 Å². The first-order valence-electron chi connectivity index (χ1n) is 6.88. The van der Waals surface area contributed by atoms with Crippen LogP contribution in [0, 0.1) is 5.92 Å². The summed E-state index contributed by atoms with van der Waals surface area (Å²) < 4.78 is 15.7. The minimum atomic E-state index is 0.333. The summed E-state index contributed by atoms with van der Waals surface area (Å²) in [6.07, 6.45) is 1.29. The van der Waals surface area contributed by atoms with Gasteiger partial charge in [0.2, 0.25) is 5.89 Å². The van der Waals surface area contributed by atoms with Gasteiger partial charge in [0.15, 0.2) is 17.3 Å². The molecule has 2 rings (SSSR count). The molecule has 1 unspecified atom stereocenters. The summed E-state index contributed by atoms with van der Waals surface area (Å²) in [5.74, 6) is 3.01. The number of hydrogen-bond acceptors (Lipinski definition) is 6. The molecule has 1 aromatic carbocycles. The molecule has 0 bridgehead atoms. The zero-order valence-corrected chi connectivity index (χ0v) is 12.6. The van der Waals surface area contributed by atoms with Gasteiger partial charge >= 0.3 is 0 Å². The Hall–Kier alpha value is -2.08. The van der Waals surface area contributed by atoms with Crippen molar-refractivity contribution >= 4 is 0 Å². The van der Waals surface area contributed by atoms with Gasteiger partial charge in [0, 0.05) is 12.8 Å². The Morgan fingerprint density at radius 1 is 1.24 bits per heavy atom. The van der Waals surface area contributed by atoms with Crippen LogP contribution in [0.25, 0.3) is 0 Å². The first-order chi connectivity index (χ1) is 10.2. The smallest absolute Gasteiger partial charge is 0.226 e. The van der Waals surface area contributed by atoms with E-state index in [1.165, 1.54) is 0 Å². The third-order valence-electron chi connectivity index (χ3n) is 3.25. The molecule has 0 spiro atoms. The third kappa shape index (κ3) is 3.95. The zero-order chi connectivity index (χ0) is 15.2. The second-order valence-electron chi connectivity index (χ2n) is 5.02. The van der Waals surface area contributed by atoms with E-state index in [2.05, 4.69) is 17.1 Å². The maximum Gasteiger partial charge on any atom is 0.226 e. The van der Waals surface area contributed by atoms with E-state index in [0.717, 1.165) is 5.56 Å². The molecule has 6 heteroatoms. The number of benzene rings is 1. The Morgan fingerprint density at radius 2 is 2.00 bits per heavy atom. The minimum absolute atomic E-state index is 0.333. The number of nitrogens with zero attached hydrogens (tertiary/aromatic N) is 2. The Kier molecular flexibility index (Phi) is 5.16. The summed E-state index contributed by atoms with van der Waals surface area (Å²) in [6.45, 7) is 2.66. The molecule has 21 heavy (non-hydrogen) atoms. The summed E-state index contributed by atoms with van der Waals surface area (Å²) in [7, 11) is 3.23. The fourth-order valence-corrected chi connectivity index (χ4v) is 2.00. The van der Waals surface area contributed by atoms with Crippen molar-refractivity contribution in [3.8, 4) is 11.5 Å². The number of aromatic nitrogens is 2. The van der Waals surface area contributed by atoms with E-state index in [4.69, 9.17) is 19.7 Å². The van der Waals surface area contributed by atoms with Crippen LogP contribution >= 0.6 is 0 Å². The van der Waals surface area contributed by atoms with Crippen LogP contribution in [0.3, 0.4) is 0 Å². The number of ether oxygens (including phenoxy) is 2. The molecular formula is C15H21N3O3. The van der Waals surface area contributed by atoms with Gasteiger partial charge in [-0.25, -0.2) is 0 Å². The summed E-state index contributed by atoms with van der Waals surface area (Å²) in [4.78, 5) is 4.39. The molecule has 0 aliphatic rings. The highest BCUT2D eigenvalue weighted by Gasteiger charge is 2.11. The van der Waals surface area contributed by atoms with Gasteiger partial charge < -0.3 is 19.7 Å². The molecule has 6 nitrogen and oxygen atoms in total. The van der Waals surface area contributed by atoms with Crippen molar-refractivity contribution in [1.29, 1.82) is 0 Å². The number of rotatable bonds is 7. The molecule has 0 fully saturated rings. The van der Waals surface area contributed by atoms with Gasteiger partial charge in [0.25, 0.3) is 0 Å². The maximum absolute atomic E-state index is 5.59. The van der Waals surface area contributed by atoms with E-state index in [-0.39, 0.29) is 0 Å². The van der Waals surface area contributed by atoms with Gasteiger partial charge in [-0.05, 0) is 30.2 Å².